The van der Waals surface area contributed by atoms with Gasteiger partial charge in [-0.2, -0.15) is 0 Å². The predicted octanol–water partition coefficient (Wildman–Crippen LogP) is 25.9. The molecule has 0 saturated heterocycles. The maximum atomic E-state index is 2.48. The van der Waals surface area contributed by atoms with Crippen molar-refractivity contribution >= 4 is 120 Å². The zero-order chi connectivity index (χ0) is 62.1. The lowest BCUT2D eigenvalue weighted by Crippen LogP contribution is -2.10. The molecule has 0 saturated carbocycles. The standard InChI is InChI=1S/C90H59N3S/c1-4-17-60(18-5-1)62-31-33-63(34-32-62)65-37-46-73(47-38-65)92(72-44-35-64(36-45-72)61-19-6-2-7-20-61)74-53-56-87-85(59-74)84-57-68(43-55-86(84)93(87)75-52-54-81-79-25-11-10-23-77(79)78-24-12-13-26-80(78)83(81)58-75)66-39-48-70(49-40-66)91(69-21-8-3-9-22-69)71-50-41-67(42-51-71)76-28-16-30-89-90(76)82-27-14-15-29-88(82)94-89/h1-59H. The van der Waals surface area contributed by atoms with Crippen molar-refractivity contribution in [2.24, 2.45) is 0 Å². The summed E-state index contributed by atoms with van der Waals surface area (Å²) in [6, 6.07) is 132. The third kappa shape index (κ3) is 9.58. The van der Waals surface area contributed by atoms with Gasteiger partial charge in [-0.05, 0) is 203 Å². The molecule has 0 bridgehead atoms. The summed E-state index contributed by atoms with van der Waals surface area (Å²) >= 11 is 1.86. The molecular weight excluding hydrogens is 1160 g/mol. The van der Waals surface area contributed by atoms with E-state index in [2.05, 4.69) is 372 Å². The number of hydrogen-bond acceptors (Lipinski definition) is 3. The number of nitrogens with zero attached hydrogens (tertiary/aromatic N) is 3. The van der Waals surface area contributed by atoms with Crippen molar-refractivity contribution in [3.05, 3.63) is 358 Å². The van der Waals surface area contributed by atoms with Crippen LogP contribution in [0.2, 0.25) is 0 Å². The van der Waals surface area contributed by atoms with Gasteiger partial charge in [-0.3, -0.25) is 0 Å². The van der Waals surface area contributed by atoms with Gasteiger partial charge in [0.2, 0.25) is 0 Å². The first-order valence-corrected chi connectivity index (χ1v) is 33.0. The van der Waals surface area contributed by atoms with Gasteiger partial charge in [-0.25, -0.2) is 0 Å². The first kappa shape index (κ1) is 54.8. The first-order chi connectivity index (χ1) is 46.6. The highest BCUT2D eigenvalue weighted by molar-refractivity contribution is 7.26. The second-order valence-corrected chi connectivity index (χ2v) is 25.5. The SMILES string of the molecule is c1ccc(-c2ccc(-c3ccc(N(c4ccc(-c5ccccc5)cc4)c4ccc5c(c4)c4cc(-c6ccc(N(c7ccccc7)c7ccc(-c8cccc9sc%10ccccc%10c89)cc7)cc6)ccc4n5-c4ccc5c6ccccc6c6ccccc6c5c4)cc3)cc2)cc1. The Balaban J connectivity index is 0.768. The van der Waals surface area contributed by atoms with E-state index in [1.165, 1.54) is 96.8 Å². The van der Waals surface area contributed by atoms with Crippen molar-refractivity contribution in [1.29, 1.82) is 0 Å². The molecule has 94 heavy (non-hydrogen) atoms. The number of para-hydroxylation sites is 1. The van der Waals surface area contributed by atoms with Crippen molar-refractivity contribution in [2.45, 2.75) is 0 Å². The molecule has 0 aliphatic heterocycles. The van der Waals surface area contributed by atoms with E-state index in [1.807, 2.05) is 11.3 Å². The van der Waals surface area contributed by atoms with Gasteiger partial charge in [0.05, 0.1) is 11.0 Å². The summed E-state index contributed by atoms with van der Waals surface area (Å²) in [6.45, 7) is 0. The van der Waals surface area contributed by atoms with Gasteiger partial charge >= 0.3 is 0 Å². The van der Waals surface area contributed by atoms with Crippen molar-refractivity contribution in [3.8, 4) is 61.3 Å². The predicted molar refractivity (Wildman–Crippen MR) is 403 cm³/mol. The molecule has 0 atom stereocenters. The van der Waals surface area contributed by atoms with Gasteiger partial charge in [0.15, 0.2) is 0 Å². The molecule has 0 N–H and O–H groups in total. The monoisotopic (exact) mass is 1210 g/mol. The van der Waals surface area contributed by atoms with E-state index in [0.717, 1.165) is 72.9 Å². The average molecular weight is 1210 g/mol. The van der Waals surface area contributed by atoms with Gasteiger partial charge < -0.3 is 14.4 Å². The normalized spacial score (nSPS) is 11.6. The third-order valence-corrected chi connectivity index (χ3v) is 20.1. The van der Waals surface area contributed by atoms with Crippen molar-refractivity contribution in [3.63, 3.8) is 0 Å². The van der Waals surface area contributed by atoms with Crippen LogP contribution in [0.25, 0.3) is 136 Å². The second kappa shape index (κ2) is 23.0. The van der Waals surface area contributed by atoms with Gasteiger partial charge in [0.1, 0.15) is 0 Å². The van der Waals surface area contributed by atoms with Gasteiger partial charge in [-0.1, -0.05) is 243 Å². The second-order valence-electron chi connectivity index (χ2n) is 24.4. The molecule has 18 aromatic rings. The molecular formula is C90H59N3S. The van der Waals surface area contributed by atoms with Crippen LogP contribution < -0.4 is 9.80 Å². The van der Waals surface area contributed by atoms with Crippen LogP contribution in [0.5, 0.6) is 0 Å². The minimum atomic E-state index is 1.07. The Kier molecular flexibility index (Phi) is 13.4. The Hall–Kier alpha value is -12.1. The van der Waals surface area contributed by atoms with E-state index >= 15 is 0 Å². The van der Waals surface area contributed by atoms with Crippen LogP contribution in [0.1, 0.15) is 0 Å². The molecule has 3 nitrogen and oxygen atoms in total. The van der Waals surface area contributed by atoms with E-state index in [9.17, 15) is 0 Å². The number of hydrogen-bond donors (Lipinski definition) is 0. The highest BCUT2D eigenvalue weighted by Gasteiger charge is 2.22. The Bertz CT molecular complexity index is 5820. The van der Waals surface area contributed by atoms with E-state index in [-0.39, 0.29) is 0 Å². The summed E-state index contributed by atoms with van der Waals surface area (Å²) in [6.07, 6.45) is 0. The van der Waals surface area contributed by atoms with Crippen molar-refractivity contribution in [2.75, 3.05) is 9.80 Å². The van der Waals surface area contributed by atoms with Crippen LogP contribution >= 0.6 is 11.3 Å². The van der Waals surface area contributed by atoms with Crippen LogP contribution in [0, 0.1) is 0 Å². The lowest BCUT2D eigenvalue weighted by atomic mass is 9.94. The van der Waals surface area contributed by atoms with Gasteiger partial charge in [0, 0.05) is 70.8 Å². The van der Waals surface area contributed by atoms with Crippen LogP contribution in [0.15, 0.2) is 358 Å². The zero-order valence-electron chi connectivity index (χ0n) is 51.3. The molecule has 0 aliphatic carbocycles. The molecule has 16 aromatic carbocycles. The fourth-order valence-electron chi connectivity index (χ4n) is 14.4. The fourth-order valence-corrected chi connectivity index (χ4v) is 15.6. The highest BCUT2D eigenvalue weighted by atomic mass is 32.1. The van der Waals surface area contributed by atoms with Crippen LogP contribution in [0.3, 0.4) is 0 Å². The van der Waals surface area contributed by atoms with E-state index in [4.69, 9.17) is 0 Å². The minimum Gasteiger partial charge on any atom is -0.311 e. The maximum absolute atomic E-state index is 2.48. The quantitative estimate of drug-likeness (QED) is 0.113. The largest absolute Gasteiger partial charge is 0.311 e. The molecule has 0 fully saturated rings. The number of aromatic nitrogens is 1. The third-order valence-electron chi connectivity index (χ3n) is 19.0. The van der Waals surface area contributed by atoms with E-state index in [0.29, 0.717) is 0 Å². The number of rotatable bonds is 12. The first-order valence-electron chi connectivity index (χ1n) is 32.2. The van der Waals surface area contributed by atoms with Crippen LogP contribution in [-0.4, -0.2) is 4.57 Å². The Labute approximate surface area is 549 Å². The number of fused-ring (bicyclic) bond motifs is 12. The molecule has 4 heteroatoms. The summed E-state index contributed by atoms with van der Waals surface area (Å²) in [5, 5.41) is 12.5. The molecule has 0 amide bonds. The highest BCUT2D eigenvalue weighted by Crippen LogP contribution is 2.46. The lowest BCUT2D eigenvalue weighted by Gasteiger charge is -2.26. The topological polar surface area (TPSA) is 11.4 Å². The van der Waals surface area contributed by atoms with E-state index in [1.54, 1.807) is 0 Å². The van der Waals surface area contributed by atoms with Gasteiger partial charge in [-0.15, -0.1) is 11.3 Å². The molecule has 2 heterocycles. The molecule has 0 aliphatic rings. The maximum Gasteiger partial charge on any atom is 0.0542 e. The summed E-state index contributed by atoms with van der Waals surface area (Å²) in [7, 11) is 0. The van der Waals surface area contributed by atoms with Crippen LogP contribution in [-0.2, 0) is 0 Å². The lowest BCUT2D eigenvalue weighted by molar-refractivity contribution is 1.18. The molecule has 2 aromatic heterocycles. The summed E-state index contributed by atoms with van der Waals surface area (Å²) in [4.78, 5) is 4.77. The smallest absolute Gasteiger partial charge is 0.0542 e. The average Bonchev–Trinajstić information content (AvgIpc) is 1.46. The molecule has 18 rings (SSSR count). The number of anilines is 6. The Morgan fingerprint density at radius 1 is 0.202 bits per heavy atom. The van der Waals surface area contributed by atoms with Crippen molar-refractivity contribution < 1.29 is 0 Å². The van der Waals surface area contributed by atoms with Crippen LogP contribution in [0.4, 0.5) is 34.1 Å². The Morgan fingerprint density at radius 3 is 1.11 bits per heavy atom. The van der Waals surface area contributed by atoms with E-state index < -0.39 is 0 Å². The molecule has 0 unspecified atom stereocenters. The summed E-state index contributed by atoms with van der Waals surface area (Å²) in [5.74, 6) is 0. The summed E-state index contributed by atoms with van der Waals surface area (Å²) < 4.78 is 5.10. The fraction of sp³-hybridized carbons (Fsp3) is 0. The molecule has 0 spiro atoms. The summed E-state index contributed by atoms with van der Waals surface area (Å²) in [5.41, 5.74) is 21.7. The number of thiophene rings is 1. The van der Waals surface area contributed by atoms with Gasteiger partial charge in [0.25, 0.3) is 0 Å². The zero-order valence-corrected chi connectivity index (χ0v) is 52.1. The molecule has 0 radical (unpaired) electrons. The Morgan fingerprint density at radius 2 is 0.564 bits per heavy atom. The number of benzene rings is 16. The van der Waals surface area contributed by atoms with Crippen molar-refractivity contribution in [1.82, 2.24) is 4.57 Å². The minimum absolute atomic E-state index is 1.07. The molecule has 440 valence electrons.